The van der Waals surface area contributed by atoms with Crippen LogP contribution in [0.25, 0.3) is 0 Å². The van der Waals surface area contributed by atoms with Crippen molar-refractivity contribution in [2.45, 2.75) is 33.7 Å². The highest BCUT2D eigenvalue weighted by atomic mass is 16.5. The molecule has 7 nitrogen and oxygen atoms in total. The summed E-state index contributed by atoms with van der Waals surface area (Å²) in [5.74, 6) is 1.78. The molecule has 2 aromatic rings. The van der Waals surface area contributed by atoms with Gasteiger partial charge in [-0.05, 0) is 44.9 Å². The van der Waals surface area contributed by atoms with Crippen LogP contribution < -0.4 is 20.7 Å². The van der Waals surface area contributed by atoms with Gasteiger partial charge in [0.1, 0.15) is 5.75 Å². The number of aryl methyl sites for hydroxylation is 2. The average molecular weight is 386 g/mol. The number of benzene rings is 1. The first-order valence-corrected chi connectivity index (χ1v) is 9.54. The highest BCUT2D eigenvalue weighted by molar-refractivity contribution is 5.92. The molecule has 1 aromatic heterocycles. The Balaban J connectivity index is 1.72. The molecular formula is C21H30N4O3. The molecule has 1 aromatic carbocycles. The van der Waals surface area contributed by atoms with Crippen LogP contribution in [0.15, 0.2) is 39.9 Å². The van der Waals surface area contributed by atoms with Crippen LogP contribution in [0.2, 0.25) is 0 Å². The predicted molar refractivity (Wildman–Crippen MR) is 111 cm³/mol. The van der Waals surface area contributed by atoms with Gasteiger partial charge in [-0.3, -0.25) is 9.79 Å². The Labute approximate surface area is 166 Å². The number of ether oxygens (including phenoxy) is 1. The molecule has 0 saturated carbocycles. The molecule has 0 radical (unpaired) electrons. The highest BCUT2D eigenvalue weighted by Crippen LogP contribution is 2.20. The number of amides is 1. The van der Waals surface area contributed by atoms with Gasteiger partial charge in [-0.2, -0.15) is 0 Å². The zero-order chi connectivity index (χ0) is 20.4. The van der Waals surface area contributed by atoms with Crippen LogP contribution in [0.5, 0.6) is 5.75 Å². The van der Waals surface area contributed by atoms with Crippen LogP contribution in [-0.2, 0) is 6.54 Å². The van der Waals surface area contributed by atoms with E-state index in [2.05, 4.69) is 33.1 Å². The van der Waals surface area contributed by atoms with Gasteiger partial charge >= 0.3 is 0 Å². The van der Waals surface area contributed by atoms with Gasteiger partial charge in [0, 0.05) is 37.8 Å². The van der Waals surface area contributed by atoms with E-state index in [0.717, 1.165) is 23.3 Å². The van der Waals surface area contributed by atoms with E-state index in [0.29, 0.717) is 38.0 Å². The number of carbonyl (C=O) groups excluding carboxylic acids is 1. The summed E-state index contributed by atoms with van der Waals surface area (Å²) in [6, 6.07) is 7.95. The number of nitrogens with one attached hydrogen (secondary N) is 3. The second-order valence-electron chi connectivity index (χ2n) is 6.44. The van der Waals surface area contributed by atoms with Gasteiger partial charge < -0.3 is 25.1 Å². The van der Waals surface area contributed by atoms with E-state index in [-0.39, 0.29) is 5.91 Å². The predicted octanol–water partition coefficient (Wildman–Crippen LogP) is 2.78. The lowest BCUT2D eigenvalue weighted by molar-refractivity contribution is 0.0925. The number of rotatable bonds is 9. The van der Waals surface area contributed by atoms with Gasteiger partial charge in [0.05, 0.1) is 12.9 Å². The molecule has 3 N–H and O–H groups in total. The van der Waals surface area contributed by atoms with Crippen LogP contribution in [0.1, 0.15) is 40.6 Å². The van der Waals surface area contributed by atoms with E-state index in [9.17, 15) is 4.79 Å². The van der Waals surface area contributed by atoms with Gasteiger partial charge in [-0.1, -0.05) is 12.1 Å². The van der Waals surface area contributed by atoms with Crippen LogP contribution >= 0.6 is 0 Å². The minimum Gasteiger partial charge on any atom is -0.494 e. The van der Waals surface area contributed by atoms with Crippen LogP contribution in [0.3, 0.4) is 0 Å². The molecule has 0 fully saturated rings. The fourth-order valence-corrected chi connectivity index (χ4v) is 2.68. The largest absolute Gasteiger partial charge is 0.494 e. The fourth-order valence-electron chi connectivity index (χ4n) is 2.68. The number of carbonyl (C=O) groups is 1. The molecule has 2 rings (SSSR count). The van der Waals surface area contributed by atoms with Crippen molar-refractivity contribution in [3.8, 4) is 5.75 Å². The quantitative estimate of drug-likeness (QED) is 0.350. The smallest absolute Gasteiger partial charge is 0.287 e. The van der Waals surface area contributed by atoms with E-state index >= 15 is 0 Å². The molecule has 0 spiro atoms. The molecule has 0 atom stereocenters. The average Bonchev–Trinajstić information content (AvgIpc) is 3.11. The summed E-state index contributed by atoms with van der Waals surface area (Å²) in [5.41, 5.74) is 3.08. The summed E-state index contributed by atoms with van der Waals surface area (Å²) in [6.45, 7) is 8.36. The second-order valence-corrected chi connectivity index (χ2v) is 6.44. The van der Waals surface area contributed by atoms with Gasteiger partial charge in [-0.15, -0.1) is 0 Å². The van der Waals surface area contributed by atoms with Crippen molar-refractivity contribution in [2.75, 3.05) is 26.7 Å². The summed E-state index contributed by atoms with van der Waals surface area (Å²) in [4.78, 5) is 16.2. The third-order valence-corrected chi connectivity index (χ3v) is 4.19. The van der Waals surface area contributed by atoms with Crippen molar-refractivity contribution < 1.29 is 13.9 Å². The molecule has 152 valence electrons. The van der Waals surface area contributed by atoms with E-state index in [1.54, 1.807) is 13.1 Å². The molecule has 0 bridgehead atoms. The van der Waals surface area contributed by atoms with Crippen LogP contribution in [0, 0.1) is 13.8 Å². The number of nitrogens with zero attached hydrogens (tertiary/aromatic N) is 1. The molecule has 0 unspecified atom stereocenters. The molecular weight excluding hydrogens is 356 g/mol. The van der Waals surface area contributed by atoms with Crippen molar-refractivity contribution >= 4 is 11.9 Å². The Bertz CT molecular complexity index is 799. The number of hydrogen-bond acceptors (Lipinski definition) is 4. The molecule has 1 heterocycles. The number of guanidine groups is 1. The first-order valence-electron chi connectivity index (χ1n) is 9.54. The van der Waals surface area contributed by atoms with Gasteiger partial charge in [0.25, 0.3) is 5.91 Å². The maximum Gasteiger partial charge on any atom is 0.287 e. The molecule has 0 saturated heterocycles. The lowest BCUT2D eigenvalue weighted by Crippen LogP contribution is -2.38. The lowest BCUT2D eigenvalue weighted by atomic mass is 10.1. The summed E-state index contributed by atoms with van der Waals surface area (Å²) < 4.78 is 10.9. The number of aliphatic imine (C=N–C) groups is 1. The van der Waals surface area contributed by atoms with Gasteiger partial charge in [0.15, 0.2) is 11.7 Å². The van der Waals surface area contributed by atoms with Crippen molar-refractivity contribution in [1.82, 2.24) is 16.0 Å². The zero-order valence-electron chi connectivity index (χ0n) is 17.1. The van der Waals surface area contributed by atoms with Crippen LogP contribution in [0.4, 0.5) is 0 Å². The van der Waals surface area contributed by atoms with Crippen molar-refractivity contribution in [3.05, 3.63) is 53.0 Å². The highest BCUT2D eigenvalue weighted by Gasteiger charge is 2.11. The number of hydrogen-bond donors (Lipinski definition) is 3. The first-order chi connectivity index (χ1) is 13.5. The van der Waals surface area contributed by atoms with Crippen molar-refractivity contribution in [3.63, 3.8) is 0 Å². The molecule has 7 heteroatoms. The maximum atomic E-state index is 12.0. The minimum absolute atomic E-state index is 0.187. The Morgan fingerprint density at radius 2 is 1.93 bits per heavy atom. The third kappa shape index (κ3) is 6.33. The molecule has 0 aliphatic carbocycles. The summed E-state index contributed by atoms with van der Waals surface area (Å²) in [7, 11) is 1.73. The summed E-state index contributed by atoms with van der Waals surface area (Å²) >= 11 is 0. The summed E-state index contributed by atoms with van der Waals surface area (Å²) in [5, 5.41) is 9.39. The standard InChI is InChI=1S/C21H30N4O3/c1-5-27-18-13-15(2)7-8-17(18)14-25-21(22-4)24-11-6-10-23-20(26)19-16(3)9-12-28-19/h7-9,12-13H,5-6,10-11,14H2,1-4H3,(H,23,26)(H2,22,24,25). The molecule has 28 heavy (non-hydrogen) atoms. The van der Waals surface area contributed by atoms with Crippen molar-refractivity contribution in [1.29, 1.82) is 0 Å². The minimum atomic E-state index is -0.187. The number of furan rings is 1. The van der Waals surface area contributed by atoms with E-state index in [1.807, 2.05) is 26.8 Å². The first kappa shape index (κ1) is 21.3. The normalized spacial score (nSPS) is 11.2. The molecule has 0 aliphatic rings. The van der Waals surface area contributed by atoms with Gasteiger partial charge in [0.2, 0.25) is 0 Å². The summed E-state index contributed by atoms with van der Waals surface area (Å²) in [6.07, 6.45) is 2.29. The monoisotopic (exact) mass is 386 g/mol. The molecule has 0 aliphatic heterocycles. The Hall–Kier alpha value is -2.96. The van der Waals surface area contributed by atoms with E-state index < -0.39 is 0 Å². The Morgan fingerprint density at radius 1 is 1.14 bits per heavy atom. The van der Waals surface area contributed by atoms with E-state index in [4.69, 9.17) is 9.15 Å². The fraction of sp³-hybridized carbons (Fsp3) is 0.429. The topological polar surface area (TPSA) is 87.9 Å². The second kappa shape index (κ2) is 11.0. The van der Waals surface area contributed by atoms with Crippen molar-refractivity contribution in [2.24, 2.45) is 4.99 Å². The van der Waals surface area contributed by atoms with Gasteiger partial charge in [-0.25, -0.2) is 0 Å². The SMILES string of the molecule is CCOc1cc(C)ccc1CNC(=NC)NCCCNC(=O)c1occc1C. The van der Waals surface area contributed by atoms with E-state index in [1.165, 1.54) is 11.8 Å². The molecule has 1 amide bonds. The Morgan fingerprint density at radius 3 is 2.61 bits per heavy atom. The maximum absolute atomic E-state index is 12.0. The Kier molecular flexibility index (Phi) is 8.39. The lowest BCUT2D eigenvalue weighted by Gasteiger charge is -2.15. The zero-order valence-corrected chi connectivity index (χ0v) is 17.1. The van der Waals surface area contributed by atoms with Crippen LogP contribution in [-0.4, -0.2) is 38.6 Å². The third-order valence-electron chi connectivity index (χ3n) is 4.19.